The summed E-state index contributed by atoms with van der Waals surface area (Å²) in [6.45, 7) is 3.74. The normalized spacial score (nSPS) is 22.5. The van der Waals surface area contributed by atoms with Gasteiger partial charge in [0.1, 0.15) is 0 Å². The van der Waals surface area contributed by atoms with Crippen LogP contribution in [0.25, 0.3) is 10.4 Å². The van der Waals surface area contributed by atoms with E-state index in [1.165, 1.54) is 4.88 Å². The first kappa shape index (κ1) is 10.6. The van der Waals surface area contributed by atoms with Crippen molar-refractivity contribution in [3.8, 4) is 10.4 Å². The summed E-state index contributed by atoms with van der Waals surface area (Å²) in [5.74, 6) is 0. The highest BCUT2D eigenvalue weighted by molar-refractivity contribution is 7.13. The van der Waals surface area contributed by atoms with E-state index in [1.807, 2.05) is 37.4 Å². The van der Waals surface area contributed by atoms with Gasteiger partial charge in [-0.1, -0.05) is 18.2 Å². The summed E-state index contributed by atoms with van der Waals surface area (Å²) in [5.41, 5.74) is 1.54. The maximum absolute atomic E-state index is 11.3. The Morgan fingerprint density at radius 1 is 1.29 bits per heavy atom. The van der Waals surface area contributed by atoms with E-state index < -0.39 is 11.8 Å². The lowest BCUT2D eigenvalue weighted by molar-refractivity contribution is 0.0645. The van der Waals surface area contributed by atoms with E-state index in [0.717, 1.165) is 11.1 Å². The lowest BCUT2D eigenvalue weighted by Gasteiger charge is -2.22. The van der Waals surface area contributed by atoms with E-state index in [4.69, 9.17) is 9.47 Å². The van der Waals surface area contributed by atoms with Gasteiger partial charge in [-0.15, -0.1) is 11.3 Å². The standard InChI is InChI=1S/C13H12O3S/c1-13(2)11(15-12(14)16-13)9-5-6-10-8(9)4-3-7-17-10/h3-7,11H,1-2H3/t11-/m1/s1. The van der Waals surface area contributed by atoms with Crippen LogP contribution in [0.2, 0.25) is 0 Å². The van der Waals surface area contributed by atoms with Crippen molar-refractivity contribution in [2.24, 2.45) is 0 Å². The largest absolute Gasteiger partial charge is 0.509 e. The van der Waals surface area contributed by atoms with Gasteiger partial charge in [0.15, 0.2) is 11.7 Å². The molecule has 1 aliphatic carbocycles. The van der Waals surface area contributed by atoms with Gasteiger partial charge in [0, 0.05) is 10.4 Å². The number of cyclic esters (lactones) is 2. The van der Waals surface area contributed by atoms with Gasteiger partial charge in [-0.05, 0) is 30.9 Å². The highest BCUT2D eigenvalue weighted by Crippen LogP contribution is 2.44. The molecule has 0 N–H and O–H groups in total. The summed E-state index contributed by atoms with van der Waals surface area (Å²) in [4.78, 5) is 12.5. The van der Waals surface area contributed by atoms with E-state index in [9.17, 15) is 4.79 Å². The molecule has 0 aromatic carbocycles. The van der Waals surface area contributed by atoms with Crippen LogP contribution in [0.4, 0.5) is 4.79 Å². The summed E-state index contributed by atoms with van der Waals surface area (Å²) in [7, 11) is 0. The summed E-state index contributed by atoms with van der Waals surface area (Å²) in [6.07, 6.45) is -0.920. The SMILES string of the molecule is CC1(C)OC(=O)O[C@@H]1c1ccc2scccc1-2. The van der Waals surface area contributed by atoms with E-state index in [0.29, 0.717) is 0 Å². The number of ether oxygens (including phenoxy) is 2. The molecule has 3 nitrogen and oxygen atoms in total. The third kappa shape index (κ3) is 1.60. The summed E-state index contributed by atoms with van der Waals surface area (Å²) >= 11 is 1.68. The van der Waals surface area contributed by atoms with Crippen molar-refractivity contribution in [2.45, 2.75) is 25.6 Å². The number of hydrogen-bond donors (Lipinski definition) is 0. The van der Waals surface area contributed by atoms with Crippen molar-refractivity contribution in [1.29, 1.82) is 0 Å². The van der Waals surface area contributed by atoms with Crippen LogP contribution in [-0.4, -0.2) is 11.8 Å². The highest BCUT2D eigenvalue weighted by Gasteiger charge is 2.46. The van der Waals surface area contributed by atoms with E-state index >= 15 is 0 Å². The predicted octanol–water partition coefficient (Wildman–Crippen LogP) is 3.84. The Bertz CT molecular complexity index is 544. The van der Waals surface area contributed by atoms with Crippen LogP contribution >= 0.6 is 11.3 Å². The molecular weight excluding hydrogens is 236 g/mol. The molecule has 1 atom stereocenters. The van der Waals surface area contributed by atoms with Crippen molar-refractivity contribution in [1.82, 2.24) is 0 Å². The Morgan fingerprint density at radius 3 is 2.82 bits per heavy atom. The second-order valence-electron chi connectivity index (χ2n) is 4.63. The molecule has 17 heavy (non-hydrogen) atoms. The molecule has 0 radical (unpaired) electrons. The molecule has 0 aromatic heterocycles. The van der Waals surface area contributed by atoms with Crippen molar-refractivity contribution < 1.29 is 14.3 Å². The first-order chi connectivity index (χ1) is 8.08. The number of fused-ring (bicyclic) bond motifs is 1. The van der Waals surface area contributed by atoms with Gasteiger partial charge in [0.2, 0.25) is 0 Å². The van der Waals surface area contributed by atoms with E-state index in [2.05, 4.69) is 6.07 Å². The minimum atomic E-state index is -0.612. The number of hydrogen-bond acceptors (Lipinski definition) is 4. The van der Waals surface area contributed by atoms with Crippen LogP contribution in [0.5, 0.6) is 0 Å². The zero-order chi connectivity index (χ0) is 12.0. The average molecular weight is 248 g/mol. The fourth-order valence-corrected chi connectivity index (χ4v) is 2.98. The Morgan fingerprint density at radius 2 is 2.12 bits per heavy atom. The lowest BCUT2D eigenvalue weighted by atomic mass is 9.94. The zero-order valence-electron chi connectivity index (χ0n) is 9.60. The molecule has 0 aromatic rings. The predicted molar refractivity (Wildman–Crippen MR) is 65.3 cm³/mol. The molecule has 0 saturated carbocycles. The molecule has 0 unspecified atom stereocenters. The average Bonchev–Trinajstić information content (AvgIpc) is 2.78. The number of carbonyl (C=O) groups excluding carboxylic acids is 1. The van der Waals surface area contributed by atoms with Gasteiger partial charge in [-0.2, -0.15) is 0 Å². The molecule has 88 valence electrons. The third-order valence-corrected chi connectivity index (χ3v) is 3.90. The van der Waals surface area contributed by atoms with Crippen LogP contribution < -0.4 is 0 Å². The second-order valence-corrected chi connectivity index (χ2v) is 5.58. The molecule has 0 spiro atoms. The van der Waals surface area contributed by atoms with Crippen molar-refractivity contribution in [3.63, 3.8) is 0 Å². The zero-order valence-corrected chi connectivity index (χ0v) is 10.4. The lowest BCUT2D eigenvalue weighted by Crippen LogP contribution is -2.26. The van der Waals surface area contributed by atoms with Gasteiger partial charge in [0.25, 0.3) is 0 Å². The molecule has 2 heterocycles. The maximum atomic E-state index is 11.3. The molecule has 3 rings (SSSR count). The Kier molecular flexibility index (Phi) is 2.16. The summed E-state index contributed by atoms with van der Waals surface area (Å²) < 4.78 is 10.4. The fourth-order valence-electron chi connectivity index (χ4n) is 2.21. The number of carbonyl (C=O) groups is 1. The van der Waals surface area contributed by atoms with Crippen molar-refractivity contribution in [2.75, 3.05) is 0 Å². The summed E-state index contributed by atoms with van der Waals surface area (Å²) in [6, 6.07) is 8.11. The molecule has 0 amide bonds. The van der Waals surface area contributed by atoms with Crippen LogP contribution in [0.15, 0.2) is 29.6 Å². The van der Waals surface area contributed by atoms with Gasteiger partial charge in [0.05, 0.1) is 0 Å². The topological polar surface area (TPSA) is 35.5 Å². The Hall–Kier alpha value is -1.55. The van der Waals surface area contributed by atoms with Crippen LogP contribution in [0, 0.1) is 0 Å². The Balaban J connectivity index is 2.08. The number of rotatable bonds is 1. The van der Waals surface area contributed by atoms with Gasteiger partial charge in [-0.25, -0.2) is 4.79 Å². The minimum Gasteiger partial charge on any atom is -0.424 e. The molecule has 4 heteroatoms. The van der Waals surface area contributed by atoms with Crippen molar-refractivity contribution in [3.05, 3.63) is 35.2 Å². The first-order valence-electron chi connectivity index (χ1n) is 5.44. The molecular formula is C13H12O3S. The summed E-state index contributed by atoms with van der Waals surface area (Å²) in [5, 5.41) is 2.04. The quantitative estimate of drug-likeness (QED) is 0.719. The maximum Gasteiger partial charge on any atom is 0.509 e. The fraction of sp³-hybridized carbons (Fsp3) is 0.308. The Labute approximate surface area is 103 Å². The first-order valence-corrected chi connectivity index (χ1v) is 6.32. The van der Waals surface area contributed by atoms with Crippen LogP contribution in [0.3, 0.4) is 0 Å². The molecule has 3 aliphatic rings. The van der Waals surface area contributed by atoms with Gasteiger partial charge < -0.3 is 9.47 Å². The monoisotopic (exact) mass is 248 g/mol. The van der Waals surface area contributed by atoms with Crippen LogP contribution in [0.1, 0.15) is 25.5 Å². The molecule has 1 saturated heterocycles. The molecule has 0 bridgehead atoms. The van der Waals surface area contributed by atoms with E-state index in [1.54, 1.807) is 11.3 Å². The highest BCUT2D eigenvalue weighted by atomic mass is 32.1. The van der Waals surface area contributed by atoms with Gasteiger partial charge >= 0.3 is 6.16 Å². The molecule has 1 fully saturated rings. The third-order valence-electron chi connectivity index (χ3n) is 3.00. The van der Waals surface area contributed by atoms with Crippen molar-refractivity contribution >= 4 is 17.5 Å². The second kappa shape index (κ2) is 3.47. The minimum absolute atomic E-state index is 0.331. The van der Waals surface area contributed by atoms with E-state index in [-0.39, 0.29) is 6.10 Å². The molecule has 2 aliphatic heterocycles. The van der Waals surface area contributed by atoms with Crippen LogP contribution in [-0.2, 0) is 9.47 Å². The van der Waals surface area contributed by atoms with Gasteiger partial charge in [-0.3, -0.25) is 0 Å². The smallest absolute Gasteiger partial charge is 0.424 e.